The van der Waals surface area contributed by atoms with E-state index in [2.05, 4.69) is 6.92 Å². The van der Waals surface area contributed by atoms with Crippen molar-refractivity contribution in [1.82, 2.24) is 0 Å². The summed E-state index contributed by atoms with van der Waals surface area (Å²) in [7, 11) is 0. The topological polar surface area (TPSA) is 146 Å². The van der Waals surface area contributed by atoms with Crippen LogP contribution in [-0.4, -0.2) is 87.6 Å². The molecule has 9 heteroatoms. The molecule has 2 aliphatic carbocycles. The summed E-state index contributed by atoms with van der Waals surface area (Å²) in [6.45, 7) is 6.10. The van der Waals surface area contributed by atoms with Crippen LogP contribution in [0, 0.1) is 22.7 Å². The first-order valence-corrected chi connectivity index (χ1v) is 12.4. The van der Waals surface area contributed by atoms with Gasteiger partial charge in [0.15, 0.2) is 6.29 Å². The van der Waals surface area contributed by atoms with Crippen molar-refractivity contribution in [2.45, 2.75) is 95.6 Å². The standard InChI is InChI=1S/C25H40O9/c1-23(13-26)7-4-8-24(2)17(6-5-14-9-18(28)32-11-14)25(3,31)10-16(21(23)24)34-22-20(30)19(29)15(27)12-33-22/h9,15-17,19-22,26-27,29-31H,4-8,10-13H2,1-3H3. The fraction of sp³-hybridized carbons (Fsp3) is 0.880. The Labute approximate surface area is 200 Å². The fourth-order valence-electron chi connectivity index (χ4n) is 7.53. The summed E-state index contributed by atoms with van der Waals surface area (Å²) in [6, 6.07) is 0. The lowest BCUT2D eigenvalue weighted by molar-refractivity contribution is -0.318. The average molecular weight is 485 g/mol. The maximum atomic E-state index is 11.7. The van der Waals surface area contributed by atoms with Crippen LogP contribution in [0.1, 0.15) is 59.3 Å². The van der Waals surface area contributed by atoms with Crippen molar-refractivity contribution in [2.24, 2.45) is 22.7 Å². The summed E-state index contributed by atoms with van der Waals surface area (Å²) in [5.74, 6) is -0.580. The molecule has 0 aromatic heterocycles. The van der Waals surface area contributed by atoms with Gasteiger partial charge >= 0.3 is 5.97 Å². The van der Waals surface area contributed by atoms with Gasteiger partial charge in [-0.1, -0.05) is 20.3 Å². The van der Waals surface area contributed by atoms with Gasteiger partial charge in [0.05, 0.1) is 18.3 Å². The molecule has 2 heterocycles. The van der Waals surface area contributed by atoms with Crippen LogP contribution in [0.3, 0.4) is 0 Å². The molecule has 0 bridgehead atoms. The van der Waals surface area contributed by atoms with Crippen molar-refractivity contribution in [2.75, 3.05) is 19.8 Å². The van der Waals surface area contributed by atoms with E-state index in [1.165, 1.54) is 6.08 Å². The SMILES string of the molecule is CC1(O)CC(OC2OCC(O)C(O)C2O)C2C(C)(CO)CCCC2(C)C1CCC1=CC(=O)OC1. The van der Waals surface area contributed by atoms with Crippen LogP contribution in [-0.2, 0) is 19.0 Å². The molecule has 0 amide bonds. The first kappa shape index (κ1) is 26.0. The third-order valence-corrected chi connectivity index (χ3v) is 9.06. The first-order chi connectivity index (χ1) is 15.9. The summed E-state index contributed by atoms with van der Waals surface area (Å²) >= 11 is 0. The van der Waals surface area contributed by atoms with E-state index in [1.807, 2.05) is 13.8 Å². The monoisotopic (exact) mass is 484 g/mol. The minimum atomic E-state index is -1.42. The molecule has 1 saturated heterocycles. The second-order valence-corrected chi connectivity index (χ2v) is 11.6. The molecular weight excluding hydrogens is 444 g/mol. The largest absolute Gasteiger partial charge is 0.458 e. The molecule has 0 spiro atoms. The van der Waals surface area contributed by atoms with E-state index in [0.29, 0.717) is 19.4 Å². The highest BCUT2D eigenvalue weighted by atomic mass is 16.7. The minimum absolute atomic E-state index is 0.0368. The predicted octanol–water partition coefficient (Wildman–Crippen LogP) is 0.650. The number of cyclic esters (lactones) is 1. The molecule has 4 aliphatic rings. The smallest absolute Gasteiger partial charge is 0.331 e. The number of aliphatic hydroxyl groups is 5. The Morgan fingerprint density at radius 1 is 1.15 bits per heavy atom. The Kier molecular flexibility index (Phi) is 7.21. The lowest BCUT2D eigenvalue weighted by atomic mass is 9.44. The number of aliphatic hydroxyl groups excluding tert-OH is 4. The molecule has 3 fully saturated rings. The number of esters is 1. The number of ether oxygens (including phenoxy) is 3. The van der Waals surface area contributed by atoms with Gasteiger partial charge in [0.2, 0.25) is 0 Å². The molecule has 194 valence electrons. The average Bonchev–Trinajstić information content (AvgIpc) is 3.18. The van der Waals surface area contributed by atoms with Crippen molar-refractivity contribution in [1.29, 1.82) is 0 Å². The lowest BCUT2D eigenvalue weighted by Crippen LogP contribution is -2.65. The Bertz CT molecular complexity index is 797. The number of hydrogen-bond donors (Lipinski definition) is 5. The molecule has 9 nitrogen and oxygen atoms in total. The Morgan fingerprint density at radius 3 is 2.53 bits per heavy atom. The van der Waals surface area contributed by atoms with Gasteiger partial charge in [-0.15, -0.1) is 0 Å². The van der Waals surface area contributed by atoms with E-state index in [9.17, 15) is 30.3 Å². The number of hydrogen-bond acceptors (Lipinski definition) is 9. The van der Waals surface area contributed by atoms with Gasteiger partial charge in [-0.2, -0.15) is 0 Å². The van der Waals surface area contributed by atoms with E-state index in [0.717, 1.165) is 24.8 Å². The van der Waals surface area contributed by atoms with Crippen LogP contribution < -0.4 is 0 Å². The van der Waals surface area contributed by atoms with Crippen LogP contribution in [0.5, 0.6) is 0 Å². The second kappa shape index (κ2) is 9.42. The minimum Gasteiger partial charge on any atom is -0.458 e. The van der Waals surface area contributed by atoms with Gasteiger partial charge in [-0.3, -0.25) is 0 Å². The zero-order valence-electron chi connectivity index (χ0n) is 20.4. The maximum absolute atomic E-state index is 11.7. The third kappa shape index (κ3) is 4.56. The Balaban J connectivity index is 1.63. The van der Waals surface area contributed by atoms with Crippen LogP contribution in [0.2, 0.25) is 0 Å². The lowest BCUT2D eigenvalue weighted by Gasteiger charge is -2.64. The number of carbonyl (C=O) groups excluding carboxylic acids is 1. The molecule has 34 heavy (non-hydrogen) atoms. The highest BCUT2D eigenvalue weighted by molar-refractivity contribution is 5.85. The van der Waals surface area contributed by atoms with E-state index in [4.69, 9.17) is 14.2 Å². The quantitative estimate of drug-likeness (QED) is 0.343. The molecule has 0 aromatic rings. The molecule has 0 radical (unpaired) electrons. The number of rotatable bonds is 6. The summed E-state index contributed by atoms with van der Waals surface area (Å²) in [5, 5.41) is 52.6. The van der Waals surface area contributed by atoms with Crippen molar-refractivity contribution in [3.63, 3.8) is 0 Å². The van der Waals surface area contributed by atoms with Gasteiger partial charge in [0.25, 0.3) is 0 Å². The van der Waals surface area contributed by atoms with Crippen molar-refractivity contribution in [3.8, 4) is 0 Å². The Hall–Kier alpha value is -1.07. The molecule has 0 aromatic carbocycles. The van der Waals surface area contributed by atoms with Gasteiger partial charge in [-0.25, -0.2) is 4.79 Å². The van der Waals surface area contributed by atoms with Crippen molar-refractivity contribution < 1.29 is 44.5 Å². The summed E-state index contributed by atoms with van der Waals surface area (Å²) in [6.07, 6.45) is -0.0118. The van der Waals surface area contributed by atoms with Gasteiger partial charge in [0.1, 0.15) is 24.9 Å². The van der Waals surface area contributed by atoms with E-state index < -0.39 is 41.7 Å². The molecule has 5 N–H and O–H groups in total. The fourth-order valence-corrected chi connectivity index (χ4v) is 7.53. The van der Waals surface area contributed by atoms with Gasteiger partial charge in [-0.05, 0) is 60.8 Å². The van der Waals surface area contributed by atoms with E-state index in [-0.39, 0.29) is 42.9 Å². The predicted molar refractivity (Wildman–Crippen MR) is 120 cm³/mol. The highest BCUT2D eigenvalue weighted by Crippen LogP contribution is 2.63. The second-order valence-electron chi connectivity index (χ2n) is 11.6. The maximum Gasteiger partial charge on any atom is 0.331 e. The normalized spacial score (nSPS) is 49.4. The van der Waals surface area contributed by atoms with Crippen molar-refractivity contribution >= 4 is 5.97 Å². The Morgan fingerprint density at radius 2 is 1.88 bits per heavy atom. The van der Waals surface area contributed by atoms with Gasteiger partial charge in [0, 0.05) is 19.1 Å². The first-order valence-electron chi connectivity index (χ1n) is 12.4. The van der Waals surface area contributed by atoms with Crippen molar-refractivity contribution in [3.05, 3.63) is 11.6 Å². The molecule has 10 unspecified atom stereocenters. The van der Waals surface area contributed by atoms with Crippen LogP contribution in [0.25, 0.3) is 0 Å². The van der Waals surface area contributed by atoms with E-state index in [1.54, 1.807) is 0 Å². The number of carbonyl (C=O) groups is 1. The third-order valence-electron chi connectivity index (χ3n) is 9.06. The van der Waals surface area contributed by atoms with Crippen LogP contribution in [0.4, 0.5) is 0 Å². The summed E-state index contributed by atoms with van der Waals surface area (Å²) < 4.78 is 16.9. The summed E-state index contributed by atoms with van der Waals surface area (Å²) in [5.41, 5.74) is -1.03. The van der Waals surface area contributed by atoms with Gasteiger partial charge < -0.3 is 39.7 Å². The zero-order valence-corrected chi connectivity index (χ0v) is 20.4. The molecule has 2 saturated carbocycles. The highest BCUT2D eigenvalue weighted by Gasteiger charge is 2.63. The summed E-state index contributed by atoms with van der Waals surface area (Å²) in [4.78, 5) is 11.5. The molecule has 4 rings (SSSR count). The number of fused-ring (bicyclic) bond motifs is 1. The van der Waals surface area contributed by atoms with E-state index >= 15 is 0 Å². The molecule has 2 aliphatic heterocycles. The van der Waals surface area contributed by atoms with Crippen LogP contribution >= 0.6 is 0 Å². The molecule has 10 atom stereocenters. The molecular formula is C25H40O9. The van der Waals surface area contributed by atoms with Crippen LogP contribution in [0.15, 0.2) is 11.6 Å². The zero-order chi connectivity index (χ0) is 24.9.